The van der Waals surface area contributed by atoms with E-state index < -0.39 is 27.7 Å². The summed E-state index contributed by atoms with van der Waals surface area (Å²) in [7, 11) is -3.98. The van der Waals surface area contributed by atoms with Gasteiger partial charge < -0.3 is 10.2 Å². The third-order valence-electron chi connectivity index (χ3n) is 2.39. The highest BCUT2D eigenvalue weighted by Gasteiger charge is 2.21. The van der Waals surface area contributed by atoms with E-state index in [1.807, 2.05) is 0 Å². The first-order valence-corrected chi connectivity index (χ1v) is 6.80. The van der Waals surface area contributed by atoms with Crippen LogP contribution in [0.3, 0.4) is 0 Å². The standard InChI is InChI=1S/C10H14N2O6S/c1-7-2-3-8(12(15)16)4-10(7)19(17,18)11-5-9(14)6-13/h2-4,9,11,13-14H,5-6H2,1H3. The van der Waals surface area contributed by atoms with Crippen LogP contribution in [0.25, 0.3) is 0 Å². The molecule has 19 heavy (non-hydrogen) atoms. The van der Waals surface area contributed by atoms with Gasteiger partial charge in [-0.15, -0.1) is 0 Å². The van der Waals surface area contributed by atoms with Crippen LogP contribution >= 0.6 is 0 Å². The summed E-state index contributed by atoms with van der Waals surface area (Å²) < 4.78 is 25.9. The zero-order chi connectivity index (χ0) is 14.6. The molecular formula is C10H14N2O6S. The predicted molar refractivity (Wildman–Crippen MR) is 66.1 cm³/mol. The van der Waals surface area contributed by atoms with Gasteiger partial charge in [-0.05, 0) is 12.5 Å². The second-order valence-electron chi connectivity index (χ2n) is 3.90. The summed E-state index contributed by atoms with van der Waals surface area (Å²) in [5, 5.41) is 28.3. The molecule has 1 atom stereocenters. The number of aliphatic hydroxyl groups is 2. The summed E-state index contributed by atoms with van der Waals surface area (Å²) in [6, 6.07) is 3.48. The molecule has 0 radical (unpaired) electrons. The molecule has 0 fully saturated rings. The lowest BCUT2D eigenvalue weighted by Gasteiger charge is -2.11. The normalized spacial score (nSPS) is 13.2. The van der Waals surface area contributed by atoms with Crippen molar-refractivity contribution < 1.29 is 23.6 Å². The van der Waals surface area contributed by atoms with Gasteiger partial charge in [0, 0.05) is 18.7 Å². The maximum atomic E-state index is 11.9. The number of benzene rings is 1. The number of nitrogens with zero attached hydrogens (tertiary/aromatic N) is 1. The van der Waals surface area contributed by atoms with Crippen molar-refractivity contribution in [3.05, 3.63) is 33.9 Å². The molecule has 0 spiro atoms. The number of rotatable bonds is 6. The van der Waals surface area contributed by atoms with Crippen molar-refractivity contribution in [2.75, 3.05) is 13.2 Å². The lowest BCUT2D eigenvalue weighted by molar-refractivity contribution is -0.385. The Morgan fingerprint density at radius 1 is 1.47 bits per heavy atom. The van der Waals surface area contributed by atoms with Crippen LogP contribution in [0, 0.1) is 17.0 Å². The Balaban J connectivity index is 3.06. The Morgan fingerprint density at radius 3 is 2.63 bits per heavy atom. The first kappa shape index (κ1) is 15.5. The maximum absolute atomic E-state index is 11.9. The smallest absolute Gasteiger partial charge is 0.270 e. The molecule has 8 nitrogen and oxygen atoms in total. The van der Waals surface area contributed by atoms with Crippen LogP contribution in [0.1, 0.15) is 5.56 Å². The number of aryl methyl sites for hydroxylation is 1. The molecule has 9 heteroatoms. The lowest BCUT2D eigenvalue weighted by atomic mass is 10.2. The fraction of sp³-hybridized carbons (Fsp3) is 0.400. The van der Waals surface area contributed by atoms with E-state index in [2.05, 4.69) is 4.72 Å². The minimum Gasteiger partial charge on any atom is -0.394 e. The van der Waals surface area contributed by atoms with E-state index in [9.17, 15) is 18.5 Å². The molecule has 1 aromatic carbocycles. The van der Waals surface area contributed by atoms with Crippen molar-refractivity contribution in [3.63, 3.8) is 0 Å². The van der Waals surface area contributed by atoms with Crippen LogP contribution in [-0.2, 0) is 10.0 Å². The molecular weight excluding hydrogens is 276 g/mol. The molecule has 0 saturated carbocycles. The Bertz CT molecular complexity index is 571. The quantitative estimate of drug-likeness (QED) is 0.480. The number of hydrogen-bond donors (Lipinski definition) is 3. The minimum atomic E-state index is -3.98. The van der Waals surface area contributed by atoms with Crippen LogP contribution in [0.4, 0.5) is 5.69 Å². The van der Waals surface area contributed by atoms with Crippen molar-refractivity contribution in [2.45, 2.75) is 17.9 Å². The molecule has 106 valence electrons. The van der Waals surface area contributed by atoms with Gasteiger partial charge in [-0.3, -0.25) is 10.1 Å². The number of non-ortho nitro benzene ring substituents is 1. The summed E-state index contributed by atoms with van der Waals surface area (Å²) in [5.74, 6) is 0. The Labute approximate surface area is 109 Å². The Hall–Kier alpha value is -1.55. The largest absolute Gasteiger partial charge is 0.394 e. The summed E-state index contributed by atoms with van der Waals surface area (Å²) in [5.41, 5.74) is 0.00488. The fourth-order valence-corrected chi connectivity index (χ4v) is 2.68. The van der Waals surface area contributed by atoms with Gasteiger partial charge in [-0.1, -0.05) is 6.07 Å². The molecule has 0 aliphatic rings. The van der Waals surface area contributed by atoms with E-state index in [1.165, 1.54) is 19.1 Å². The van der Waals surface area contributed by atoms with Gasteiger partial charge in [0.1, 0.15) is 0 Å². The first-order chi connectivity index (χ1) is 8.77. The molecule has 0 heterocycles. The highest BCUT2D eigenvalue weighted by atomic mass is 32.2. The molecule has 0 aliphatic carbocycles. The molecule has 0 aromatic heterocycles. The van der Waals surface area contributed by atoms with Crippen molar-refractivity contribution in [2.24, 2.45) is 0 Å². The van der Waals surface area contributed by atoms with Gasteiger partial charge in [0.2, 0.25) is 10.0 Å². The van der Waals surface area contributed by atoms with Crippen LogP contribution in [0.15, 0.2) is 23.1 Å². The number of sulfonamides is 1. The zero-order valence-electron chi connectivity index (χ0n) is 10.1. The molecule has 0 bridgehead atoms. The monoisotopic (exact) mass is 290 g/mol. The van der Waals surface area contributed by atoms with E-state index in [0.717, 1.165) is 6.07 Å². The minimum absolute atomic E-state index is 0.230. The predicted octanol–water partition coefficient (Wildman–Crippen LogP) is -0.465. The molecule has 3 N–H and O–H groups in total. The highest BCUT2D eigenvalue weighted by molar-refractivity contribution is 7.89. The maximum Gasteiger partial charge on any atom is 0.270 e. The van der Waals surface area contributed by atoms with Gasteiger partial charge in [0.25, 0.3) is 5.69 Å². The number of nitro benzene ring substituents is 1. The van der Waals surface area contributed by atoms with Crippen LogP contribution in [0.2, 0.25) is 0 Å². The number of aliphatic hydroxyl groups excluding tert-OH is 2. The van der Waals surface area contributed by atoms with E-state index in [-0.39, 0.29) is 17.1 Å². The second kappa shape index (κ2) is 6.06. The average Bonchev–Trinajstić information content (AvgIpc) is 2.36. The molecule has 0 saturated heterocycles. The summed E-state index contributed by atoms with van der Waals surface area (Å²) in [6.07, 6.45) is -1.23. The van der Waals surface area contributed by atoms with E-state index in [1.54, 1.807) is 0 Å². The second-order valence-corrected chi connectivity index (χ2v) is 5.63. The van der Waals surface area contributed by atoms with Gasteiger partial charge >= 0.3 is 0 Å². The van der Waals surface area contributed by atoms with E-state index in [0.29, 0.717) is 5.56 Å². The number of hydrogen-bond acceptors (Lipinski definition) is 6. The van der Waals surface area contributed by atoms with Crippen molar-refractivity contribution in [3.8, 4) is 0 Å². The number of nitro groups is 1. The average molecular weight is 290 g/mol. The van der Waals surface area contributed by atoms with E-state index in [4.69, 9.17) is 10.2 Å². The molecule has 0 amide bonds. The molecule has 0 aliphatic heterocycles. The lowest BCUT2D eigenvalue weighted by Crippen LogP contribution is -2.34. The Morgan fingerprint density at radius 2 is 2.11 bits per heavy atom. The summed E-state index contributed by atoms with van der Waals surface area (Å²) in [6.45, 7) is 0.540. The van der Waals surface area contributed by atoms with E-state index >= 15 is 0 Å². The van der Waals surface area contributed by atoms with Crippen molar-refractivity contribution in [1.82, 2.24) is 4.72 Å². The third-order valence-corrected chi connectivity index (χ3v) is 3.96. The van der Waals surface area contributed by atoms with Gasteiger partial charge in [0.05, 0.1) is 22.5 Å². The molecule has 1 rings (SSSR count). The van der Waals surface area contributed by atoms with Crippen molar-refractivity contribution in [1.29, 1.82) is 0 Å². The van der Waals surface area contributed by atoms with Gasteiger partial charge in [-0.2, -0.15) is 0 Å². The summed E-state index contributed by atoms with van der Waals surface area (Å²) in [4.78, 5) is 9.70. The summed E-state index contributed by atoms with van der Waals surface area (Å²) >= 11 is 0. The molecule has 1 aromatic rings. The highest BCUT2D eigenvalue weighted by Crippen LogP contribution is 2.21. The zero-order valence-corrected chi connectivity index (χ0v) is 10.9. The van der Waals surface area contributed by atoms with Gasteiger partial charge in [-0.25, -0.2) is 13.1 Å². The van der Waals surface area contributed by atoms with Gasteiger partial charge in [0.15, 0.2) is 0 Å². The molecule has 1 unspecified atom stereocenters. The fourth-order valence-electron chi connectivity index (χ4n) is 1.34. The van der Waals surface area contributed by atoms with Crippen LogP contribution < -0.4 is 4.72 Å². The van der Waals surface area contributed by atoms with Crippen LogP contribution in [-0.4, -0.2) is 42.8 Å². The number of nitrogens with one attached hydrogen (secondary N) is 1. The van der Waals surface area contributed by atoms with Crippen LogP contribution in [0.5, 0.6) is 0 Å². The SMILES string of the molecule is Cc1ccc([N+](=O)[O-])cc1S(=O)(=O)NCC(O)CO. The topological polar surface area (TPSA) is 130 Å². The third kappa shape index (κ3) is 3.96. The Kier molecular flexibility index (Phi) is 4.95. The first-order valence-electron chi connectivity index (χ1n) is 5.31. The van der Waals surface area contributed by atoms with Crippen molar-refractivity contribution >= 4 is 15.7 Å².